The monoisotopic (exact) mass is 378 g/mol. The molecule has 0 heterocycles. The number of amides is 2. The molecular weight excluding hydrogens is 352 g/mol. The van der Waals surface area contributed by atoms with E-state index in [9.17, 15) is 19.2 Å². The fourth-order valence-electron chi connectivity index (χ4n) is 1.37. The van der Waals surface area contributed by atoms with Crippen LogP contribution in [0.5, 0.6) is 0 Å². The van der Waals surface area contributed by atoms with Crippen LogP contribution in [0.2, 0.25) is 0 Å². The third-order valence-corrected chi connectivity index (χ3v) is 2.53. The molecule has 2 amide bonds. The summed E-state index contributed by atoms with van der Waals surface area (Å²) in [4.78, 5) is 43.2. The summed E-state index contributed by atoms with van der Waals surface area (Å²) in [5.74, 6) is -1.05. The number of hydrogen-bond acceptors (Lipinski definition) is 10. The Kier molecular flexibility index (Phi) is 14.3. The standard InChI is InChI=1S/C14H26N4O8/c1-11(19)23-9-25-13(21)17-7-5-15-3-4-16-6-8-18-14(22)26-10-24-12(2)20/h15-16H,3-10H2,1-2H3,(H,17,21)(H,18,22). The number of carbonyl (C=O) groups is 4. The van der Waals surface area contributed by atoms with Crippen molar-refractivity contribution in [2.75, 3.05) is 52.9 Å². The van der Waals surface area contributed by atoms with E-state index in [4.69, 9.17) is 0 Å². The van der Waals surface area contributed by atoms with Gasteiger partial charge in [0.2, 0.25) is 13.6 Å². The van der Waals surface area contributed by atoms with Crippen molar-refractivity contribution in [1.82, 2.24) is 21.3 Å². The van der Waals surface area contributed by atoms with E-state index in [-0.39, 0.29) is 0 Å². The van der Waals surface area contributed by atoms with E-state index in [1.165, 1.54) is 13.8 Å². The summed E-state index contributed by atoms with van der Waals surface area (Å²) in [7, 11) is 0. The molecule has 12 heteroatoms. The average Bonchev–Trinajstić information content (AvgIpc) is 2.55. The fourth-order valence-corrected chi connectivity index (χ4v) is 1.37. The van der Waals surface area contributed by atoms with Crippen LogP contribution in [0, 0.1) is 0 Å². The lowest BCUT2D eigenvalue weighted by Gasteiger charge is -2.09. The maximum absolute atomic E-state index is 11.2. The molecule has 0 aliphatic carbocycles. The maximum atomic E-state index is 11.2. The molecule has 0 saturated carbocycles. The highest BCUT2D eigenvalue weighted by Crippen LogP contribution is 1.81. The van der Waals surface area contributed by atoms with E-state index in [2.05, 4.69) is 40.2 Å². The minimum atomic E-state index is -0.669. The lowest BCUT2D eigenvalue weighted by molar-refractivity contribution is -0.150. The molecule has 0 aromatic carbocycles. The Morgan fingerprint density at radius 3 is 1.27 bits per heavy atom. The SMILES string of the molecule is CC(=O)OCOC(=O)NCCNCCNCCNC(=O)OCOC(C)=O. The topological polar surface area (TPSA) is 153 Å². The Morgan fingerprint density at radius 2 is 0.923 bits per heavy atom. The van der Waals surface area contributed by atoms with Gasteiger partial charge in [-0.1, -0.05) is 0 Å². The summed E-state index contributed by atoms with van der Waals surface area (Å²) < 4.78 is 18.1. The van der Waals surface area contributed by atoms with Crippen molar-refractivity contribution in [3.05, 3.63) is 0 Å². The van der Waals surface area contributed by atoms with Crippen molar-refractivity contribution < 1.29 is 38.1 Å². The van der Waals surface area contributed by atoms with Crippen LogP contribution in [0.15, 0.2) is 0 Å². The molecule has 0 aromatic heterocycles. The summed E-state index contributed by atoms with van der Waals surface area (Å²) in [6.07, 6.45) is -1.34. The summed E-state index contributed by atoms with van der Waals surface area (Å²) in [5, 5.41) is 11.1. The number of rotatable bonds is 13. The molecule has 0 aliphatic rings. The van der Waals surface area contributed by atoms with E-state index in [0.29, 0.717) is 39.3 Å². The highest BCUT2D eigenvalue weighted by Gasteiger charge is 2.02. The number of carbonyl (C=O) groups excluding carboxylic acids is 4. The van der Waals surface area contributed by atoms with E-state index < -0.39 is 37.7 Å². The smallest absolute Gasteiger partial charge is 0.410 e. The zero-order valence-electron chi connectivity index (χ0n) is 14.9. The van der Waals surface area contributed by atoms with Crippen molar-refractivity contribution in [2.24, 2.45) is 0 Å². The normalized spacial score (nSPS) is 9.77. The molecule has 0 aliphatic heterocycles. The third-order valence-electron chi connectivity index (χ3n) is 2.53. The van der Waals surface area contributed by atoms with Crippen molar-refractivity contribution in [3.63, 3.8) is 0 Å². The largest absolute Gasteiger partial charge is 0.428 e. The number of esters is 2. The Morgan fingerprint density at radius 1 is 0.577 bits per heavy atom. The van der Waals surface area contributed by atoms with Crippen LogP contribution in [-0.4, -0.2) is 77.0 Å². The van der Waals surface area contributed by atoms with E-state index in [1.54, 1.807) is 0 Å². The first-order valence-corrected chi connectivity index (χ1v) is 7.91. The van der Waals surface area contributed by atoms with Gasteiger partial charge in [-0.3, -0.25) is 9.59 Å². The molecule has 0 radical (unpaired) electrons. The van der Waals surface area contributed by atoms with E-state index in [1.807, 2.05) is 0 Å². The Balaban J connectivity index is 3.28. The van der Waals surface area contributed by atoms with Crippen molar-refractivity contribution in [3.8, 4) is 0 Å². The molecule has 0 atom stereocenters. The predicted octanol–water partition coefficient (Wildman–Crippen LogP) is -1.34. The van der Waals surface area contributed by atoms with Crippen LogP contribution >= 0.6 is 0 Å². The quantitative estimate of drug-likeness (QED) is 0.172. The second kappa shape index (κ2) is 15.9. The highest BCUT2D eigenvalue weighted by atomic mass is 16.7. The van der Waals surface area contributed by atoms with E-state index in [0.717, 1.165) is 0 Å². The number of ether oxygens (including phenoxy) is 4. The van der Waals surface area contributed by atoms with Gasteiger partial charge in [0, 0.05) is 53.1 Å². The van der Waals surface area contributed by atoms with Crippen LogP contribution in [0.3, 0.4) is 0 Å². The van der Waals surface area contributed by atoms with Crippen molar-refractivity contribution >= 4 is 24.1 Å². The summed E-state index contributed by atoms with van der Waals surface area (Å²) >= 11 is 0. The van der Waals surface area contributed by atoms with E-state index >= 15 is 0 Å². The van der Waals surface area contributed by atoms with Crippen LogP contribution in [0.25, 0.3) is 0 Å². The molecular formula is C14H26N4O8. The minimum Gasteiger partial charge on any atom is -0.428 e. The first-order valence-electron chi connectivity index (χ1n) is 7.91. The van der Waals surface area contributed by atoms with Gasteiger partial charge in [0.1, 0.15) is 0 Å². The Labute approximate surface area is 151 Å². The maximum Gasteiger partial charge on any atom is 0.410 e. The first kappa shape index (κ1) is 23.4. The van der Waals surface area contributed by atoms with Crippen LogP contribution in [0.4, 0.5) is 9.59 Å². The molecule has 12 nitrogen and oxygen atoms in total. The van der Waals surface area contributed by atoms with Gasteiger partial charge in [0.15, 0.2) is 0 Å². The Hall–Kier alpha value is -2.60. The number of alkyl carbamates (subject to hydrolysis) is 2. The molecule has 4 N–H and O–H groups in total. The zero-order valence-corrected chi connectivity index (χ0v) is 14.9. The molecule has 0 aromatic rings. The van der Waals surface area contributed by atoms with Crippen LogP contribution < -0.4 is 21.3 Å². The summed E-state index contributed by atoms with van der Waals surface area (Å²) in [6.45, 7) is 4.69. The summed E-state index contributed by atoms with van der Waals surface area (Å²) in [5.41, 5.74) is 0. The molecule has 0 spiro atoms. The lowest BCUT2D eigenvalue weighted by atomic mass is 10.5. The molecule has 150 valence electrons. The lowest BCUT2D eigenvalue weighted by Crippen LogP contribution is -2.37. The van der Waals surface area contributed by atoms with Gasteiger partial charge in [-0.2, -0.15) is 0 Å². The van der Waals surface area contributed by atoms with Crippen molar-refractivity contribution in [1.29, 1.82) is 0 Å². The second-order valence-corrected chi connectivity index (χ2v) is 4.72. The van der Waals surface area contributed by atoms with Gasteiger partial charge in [0.05, 0.1) is 0 Å². The average molecular weight is 378 g/mol. The van der Waals surface area contributed by atoms with Gasteiger partial charge in [-0.25, -0.2) is 9.59 Å². The minimum absolute atomic E-state index is 0.356. The first-order chi connectivity index (χ1) is 12.4. The molecule has 0 rings (SSSR count). The Bertz CT molecular complexity index is 407. The number of nitrogens with one attached hydrogen (secondary N) is 4. The highest BCUT2D eigenvalue weighted by molar-refractivity contribution is 5.68. The second-order valence-electron chi connectivity index (χ2n) is 4.72. The van der Waals surface area contributed by atoms with Crippen LogP contribution in [-0.2, 0) is 28.5 Å². The molecule has 0 bridgehead atoms. The summed E-state index contributed by atoms with van der Waals surface area (Å²) in [6, 6.07) is 0. The van der Waals surface area contributed by atoms with Gasteiger partial charge in [-0.15, -0.1) is 0 Å². The van der Waals surface area contributed by atoms with Crippen molar-refractivity contribution in [2.45, 2.75) is 13.8 Å². The van der Waals surface area contributed by atoms with Gasteiger partial charge >= 0.3 is 24.1 Å². The number of hydrogen-bond donors (Lipinski definition) is 4. The predicted molar refractivity (Wildman–Crippen MR) is 88.0 cm³/mol. The zero-order chi connectivity index (χ0) is 19.6. The van der Waals surface area contributed by atoms with Gasteiger partial charge < -0.3 is 40.2 Å². The van der Waals surface area contributed by atoms with Gasteiger partial charge in [-0.05, 0) is 0 Å². The fraction of sp³-hybridized carbons (Fsp3) is 0.714. The van der Waals surface area contributed by atoms with Crippen LogP contribution in [0.1, 0.15) is 13.8 Å². The molecule has 0 saturated heterocycles. The molecule has 26 heavy (non-hydrogen) atoms. The molecule has 0 fully saturated rings. The van der Waals surface area contributed by atoms with Gasteiger partial charge in [0.25, 0.3) is 0 Å². The molecule has 0 unspecified atom stereocenters. The third kappa shape index (κ3) is 17.7.